The standard InChI is InChI=1S/C8H17N3O5/c9-3-5(12)1-2-6(8(15)16)11-10-4-7(13)14/h5-6,10-12H,1-4,9H2,(H,13,14)(H,15,16)/t5-,6+/m1/s1. The summed E-state index contributed by atoms with van der Waals surface area (Å²) in [4.78, 5) is 20.9. The summed E-state index contributed by atoms with van der Waals surface area (Å²) in [6.45, 7) is -0.321. The molecule has 2 atom stereocenters. The Hall–Kier alpha value is -1.22. The monoisotopic (exact) mass is 235 g/mol. The quantitative estimate of drug-likeness (QED) is 0.245. The lowest BCUT2D eigenvalue weighted by Gasteiger charge is -2.15. The second kappa shape index (κ2) is 7.99. The number of carbonyl (C=O) groups is 2. The number of aliphatic hydroxyl groups excluding tert-OH is 1. The maximum atomic E-state index is 10.7. The van der Waals surface area contributed by atoms with Crippen molar-refractivity contribution < 1.29 is 24.9 Å². The van der Waals surface area contributed by atoms with Crippen LogP contribution in [0.3, 0.4) is 0 Å². The van der Waals surface area contributed by atoms with Gasteiger partial charge in [0.15, 0.2) is 0 Å². The summed E-state index contributed by atoms with van der Waals surface area (Å²) in [7, 11) is 0. The number of carboxylic acids is 2. The third-order valence-electron chi connectivity index (χ3n) is 1.87. The third kappa shape index (κ3) is 7.12. The van der Waals surface area contributed by atoms with Crippen LogP contribution in [0.25, 0.3) is 0 Å². The first-order valence-corrected chi connectivity index (χ1v) is 4.78. The van der Waals surface area contributed by atoms with Crippen LogP contribution in [0.15, 0.2) is 0 Å². The van der Waals surface area contributed by atoms with Crippen molar-refractivity contribution >= 4 is 11.9 Å². The zero-order valence-electron chi connectivity index (χ0n) is 8.72. The van der Waals surface area contributed by atoms with Gasteiger partial charge < -0.3 is 21.1 Å². The summed E-state index contributed by atoms with van der Waals surface area (Å²) in [5.41, 5.74) is 9.78. The van der Waals surface area contributed by atoms with Gasteiger partial charge in [0.1, 0.15) is 12.6 Å². The fourth-order valence-electron chi connectivity index (χ4n) is 0.984. The molecule has 0 bridgehead atoms. The minimum atomic E-state index is -1.12. The van der Waals surface area contributed by atoms with Crippen LogP contribution in [0.5, 0.6) is 0 Å². The second-order valence-electron chi connectivity index (χ2n) is 3.25. The van der Waals surface area contributed by atoms with Gasteiger partial charge in [-0.2, -0.15) is 0 Å². The van der Waals surface area contributed by atoms with Gasteiger partial charge in [-0.1, -0.05) is 0 Å². The minimum absolute atomic E-state index is 0.0644. The fraction of sp³-hybridized carbons (Fsp3) is 0.750. The SMILES string of the molecule is NC[C@H](O)CC[C@H](NNCC(=O)O)C(=O)O. The molecule has 0 spiro atoms. The highest BCUT2D eigenvalue weighted by Crippen LogP contribution is 2.00. The zero-order chi connectivity index (χ0) is 12.6. The topological polar surface area (TPSA) is 145 Å². The Kier molecular flexibility index (Phi) is 7.38. The number of carboxylic acid groups (broad SMARTS) is 2. The molecule has 8 nitrogen and oxygen atoms in total. The van der Waals surface area contributed by atoms with Crippen molar-refractivity contribution in [2.75, 3.05) is 13.1 Å². The largest absolute Gasteiger partial charge is 0.480 e. The Morgan fingerprint density at radius 1 is 1.25 bits per heavy atom. The summed E-state index contributed by atoms with van der Waals surface area (Å²) in [5.74, 6) is -2.22. The highest BCUT2D eigenvalue weighted by molar-refractivity contribution is 5.73. The van der Waals surface area contributed by atoms with Crippen LogP contribution in [0.4, 0.5) is 0 Å². The van der Waals surface area contributed by atoms with E-state index in [0.29, 0.717) is 0 Å². The first-order chi connectivity index (χ1) is 7.47. The van der Waals surface area contributed by atoms with Gasteiger partial charge >= 0.3 is 11.9 Å². The molecule has 0 saturated heterocycles. The zero-order valence-corrected chi connectivity index (χ0v) is 8.72. The Morgan fingerprint density at radius 2 is 1.88 bits per heavy atom. The number of aliphatic carboxylic acids is 2. The van der Waals surface area contributed by atoms with Crippen LogP contribution >= 0.6 is 0 Å². The van der Waals surface area contributed by atoms with E-state index in [1.165, 1.54) is 0 Å². The number of nitrogens with two attached hydrogens (primary N) is 1. The van der Waals surface area contributed by atoms with E-state index in [0.717, 1.165) is 0 Å². The smallest absolute Gasteiger partial charge is 0.322 e. The molecule has 0 rings (SSSR count). The molecule has 0 aromatic carbocycles. The molecule has 0 amide bonds. The Bertz CT molecular complexity index is 236. The highest BCUT2D eigenvalue weighted by atomic mass is 16.4. The van der Waals surface area contributed by atoms with Crippen molar-refractivity contribution in [3.8, 4) is 0 Å². The van der Waals surface area contributed by atoms with Crippen molar-refractivity contribution in [3.63, 3.8) is 0 Å². The molecular weight excluding hydrogens is 218 g/mol. The van der Waals surface area contributed by atoms with E-state index in [1.54, 1.807) is 0 Å². The average Bonchev–Trinajstić information content (AvgIpc) is 2.21. The van der Waals surface area contributed by atoms with Crippen molar-refractivity contribution in [2.24, 2.45) is 5.73 Å². The molecule has 0 aliphatic rings. The molecule has 0 aliphatic heterocycles. The molecule has 0 aliphatic carbocycles. The Morgan fingerprint density at radius 3 is 2.31 bits per heavy atom. The van der Waals surface area contributed by atoms with Crippen molar-refractivity contribution in [3.05, 3.63) is 0 Å². The van der Waals surface area contributed by atoms with Gasteiger partial charge in [0.05, 0.1) is 6.10 Å². The molecule has 16 heavy (non-hydrogen) atoms. The molecule has 8 heteroatoms. The fourth-order valence-corrected chi connectivity index (χ4v) is 0.984. The van der Waals surface area contributed by atoms with Crippen LogP contribution in [0.2, 0.25) is 0 Å². The lowest BCUT2D eigenvalue weighted by molar-refractivity contribution is -0.141. The van der Waals surface area contributed by atoms with E-state index in [-0.39, 0.29) is 25.9 Å². The van der Waals surface area contributed by atoms with Gasteiger partial charge in [0.2, 0.25) is 0 Å². The number of hydrogen-bond donors (Lipinski definition) is 6. The van der Waals surface area contributed by atoms with Crippen molar-refractivity contribution in [1.29, 1.82) is 0 Å². The molecule has 0 heterocycles. The first kappa shape index (κ1) is 14.8. The maximum absolute atomic E-state index is 10.7. The average molecular weight is 235 g/mol. The van der Waals surface area contributed by atoms with Crippen LogP contribution in [-0.2, 0) is 9.59 Å². The van der Waals surface area contributed by atoms with E-state index in [1.807, 2.05) is 0 Å². The van der Waals surface area contributed by atoms with Crippen molar-refractivity contribution in [1.82, 2.24) is 10.9 Å². The Balaban J connectivity index is 3.89. The van der Waals surface area contributed by atoms with Gasteiger partial charge in [-0.25, -0.2) is 10.9 Å². The molecule has 0 radical (unpaired) electrons. The lowest BCUT2D eigenvalue weighted by Crippen LogP contribution is -2.47. The number of hydrogen-bond acceptors (Lipinski definition) is 6. The van der Waals surface area contributed by atoms with E-state index in [2.05, 4.69) is 10.9 Å². The van der Waals surface area contributed by atoms with E-state index in [9.17, 15) is 9.59 Å². The van der Waals surface area contributed by atoms with Crippen LogP contribution < -0.4 is 16.6 Å². The predicted octanol–water partition coefficient (Wildman–Crippen LogP) is -2.28. The summed E-state index contributed by atoms with van der Waals surface area (Å²) >= 11 is 0. The highest BCUT2D eigenvalue weighted by Gasteiger charge is 2.18. The van der Waals surface area contributed by atoms with E-state index >= 15 is 0 Å². The van der Waals surface area contributed by atoms with Gasteiger partial charge in [0, 0.05) is 6.54 Å². The van der Waals surface area contributed by atoms with Gasteiger partial charge in [0.25, 0.3) is 0 Å². The predicted molar refractivity (Wildman–Crippen MR) is 54.5 cm³/mol. The van der Waals surface area contributed by atoms with E-state index < -0.39 is 24.1 Å². The molecule has 0 saturated carbocycles. The van der Waals surface area contributed by atoms with Crippen LogP contribution in [0, 0.1) is 0 Å². The first-order valence-electron chi connectivity index (χ1n) is 4.78. The lowest BCUT2D eigenvalue weighted by atomic mass is 10.1. The van der Waals surface area contributed by atoms with E-state index in [4.69, 9.17) is 21.1 Å². The summed E-state index contributed by atoms with van der Waals surface area (Å²) in [5, 5.41) is 26.2. The van der Waals surface area contributed by atoms with Crippen molar-refractivity contribution in [2.45, 2.75) is 25.0 Å². The van der Waals surface area contributed by atoms with Crippen LogP contribution in [-0.4, -0.2) is 52.5 Å². The molecule has 0 fully saturated rings. The minimum Gasteiger partial charge on any atom is -0.480 e. The number of nitrogens with one attached hydrogen (secondary N) is 2. The molecule has 0 unspecified atom stereocenters. The van der Waals surface area contributed by atoms with Gasteiger partial charge in [-0.3, -0.25) is 9.59 Å². The molecule has 0 aromatic heterocycles. The number of hydrazine groups is 1. The molecule has 7 N–H and O–H groups in total. The molecule has 0 aromatic rings. The summed E-state index contributed by atoms with van der Waals surface area (Å²) in [6.07, 6.45) is -0.363. The normalized spacial score (nSPS) is 14.4. The van der Waals surface area contributed by atoms with Crippen LogP contribution in [0.1, 0.15) is 12.8 Å². The Labute approximate surface area is 92.4 Å². The third-order valence-corrected chi connectivity index (χ3v) is 1.87. The molecule has 94 valence electrons. The summed E-state index contributed by atoms with van der Waals surface area (Å²) in [6, 6.07) is -0.958. The number of aliphatic hydroxyl groups is 1. The summed E-state index contributed by atoms with van der Waals surface area (Å²) < 4.78 is 0. The van der Waals surface area contributed by atoms with Gasteiger partial charge in [-0.05, 0) is 12.8 Å². The number of rotatable bonds is 9. The second-order valence-corrected chi connectivity index (χ2v) is 3.25. The van der Waals surface area contributed by atoms with Gasteiger partial charge in [-0.15, -0.1) is 0 Å². The molecular formula is C8H17N3O5. The maximum Gasteiger partial charge on any atom is 0.322 e.